The number of benzene rings is 5. The van der Waals surface area contributed by atoms with Gasteiger partial charge in [-0.2, -0.15) is 0 Å². The fourth-order valence-corrected chi connectivity index (χ4v) is 4.13. The zero-order valence-corrected chi connectivity index (χ0v) is 16.6. The van der Waals surface area contributed by atoms with Crippen LogP contribution in [-0.2, 0) is 4.74 Å². The van der Waals surface area contributed by atoms with Gasteiger partial charge in [-0.25, -0.2) is 4.79 Å². The lowest BCUT2D eigenvalue weighted by Crippen LogP contribution is -2.02. The van der Waals surface area contributed by atoms with E-state index in [-0.39, 0.29) is 5.97 Å². The molecule has 5 aromatic rings. The Balaban J connectivity index is 1.80. The van der Waals surface area contributed by atoms with E-state index >= 15 is 0 Å². The summed E-state index contributed by atoms with van der Waals surface area (Å²) in [7, 11) is 1.42. The number of fused-ring (bicyclic) bond motifs is 2. The molecule has 0 atom stereocenters. The number of carbonyl (C=O) groups is 1. The molecule has 0 heterocycles. The summed E-state index contributed by atoms with van der Waals surface area (Å²) in [6.07, 6.45) is 0. The van der Waals surface area contributed by atoms with Gasteiger partial charge in [-0.05, 0) is 62.0 Å². The Morgan fingerprint density at radius 3 is 1.57 bits per heavy atom. The number of hydrogen-bond donors (Lipinski definition) is 0. The quantitative estimate of drug-likeness (QED) is 0.308. The molecule has 5 aromatic carbocycles. The molecule has 5 rings (SSSR count). The number of ether oxygens (including phenoxy) is 1. The van der Waals surface area contributed by atoms with E-state index in [4.69, 9.17) is 4.74 Å². The average Bonchev–Trinajstić information content (AvgIpc) is 2.82. The number of rotatable bonds is 3. The topological polar surface area (TPSA) is 26.3 Å². The van der Waals surface area contributed by atoms with E-state index in [2.05, 4.69) is 66.7 Å². The smallest absolute Gasteiger partial charge is 0.337 e. The van der Waals surface area contributed by atoms with Gasteiger partial charge in [0.05, 0.1) is 12.7 Å². The molecule has 0 aliphatic carbocycles. The van der Waals surface area contributed by atoms with Crippen molar-refractivity contribution < 1.29 is 9.53 Å². The normalized spacial score (nSPS) is 11.0. The molecule has 144 valence electrons. The van der Waals surface area contributed by atoms with Crippen molar-refractivity contribution in [2.45, 2.75) is 0 Å². The van der Waals surface area contributed by atoms with Crippen LogP contribution in [0.15, 0.2) is 103 Å². The summed E-state index contributed by atoms with van der Waals surface area (Å²) in [5.41, 5.74) is 4.74. The van der Waals surface area contributed by atoms with Crippen molar-refractivity contribution in [2.24, 2.45) is 0 Å². The van der Waals surface area contributed by atoms with Gasteiger partial charge in [-0.15, -0.1) is 0 Å². The van der Waals surface area contributed by atoms with Crippen molar-refractivity contribution in [3.63, 3.8) is 0 Å². The monoisotopic (exact) mass is 388 g/mol. The molecule has 0 amide bonds. The lowest BCUT2D eigenvalue weighted by atomic mass is 9.91. The molecule has 0 fully saturated rings. The van der Waals surface area contributed by atoms with E-state index < -0.39 is 0 Å². The second-order valence-corrected chi connectivity index (χ2v) is 7.34. The Morgan fingerprint density at radius 2 is 1.07 bits per heavy atom. The van der Waals surface area contributed by atoms with E-state index in [9.17, 15) is 4.79 Å². The van der Waals surface area contributed by atoms with Crippen molar-refractivity contribution in [3.05, 3.63) is 109 Å². The minimum Gasteiger partial charge on any atom is -0.465 e. The van der Waals surface area contributed by atoms with Gasteiger partial charge in [-0.1, -0.05) is 84.9 Å². The van der Waals surface area contributed by atoms with E-state index in [0.29, 0.717) is 5.56 Å². The first-order valence-electron chi connectivity index (χ1n) is 9.94. The van der Waals surface area contributed by atoms with Crippen molar-refractivity contribution in [3.8, 4) is 22.3 Å². The van der Waals surface area contributed by atoms with Crippen molar-refractivity contribution in [1.29, 1.82) is 0 Å². The highest BCUT2D eigenvalue weighted by molar-refractivity contribution is 6.02. The van der Waals surface area contributed by atoms with Gasteiger partial charge < -0.3 is 4.74 Å². The molecule has 30 heavy (non-hydrogen) atoms. The molecule has 0 aliphatic rings. The predicted molar refractivity (Wildman–Crippen MR) is 124 cm³/mol. The molecule has 0 unspecified atom stereocenters. The molecule has 2 nitrogen and oxygen atoms in total. The Hall–Kier alpha value is -3.91. The van der Waals surface area contributed by atoms with E-state index in [1.807, 2.05) is 36.4 Å². The minimum atomic E-state index is -0.335. The highest BCUT2D eigenvalue weighted by Gasteiger charge is 2.14. The van der Waals surface area contributed by atoms with Gasteiger partial charge in [0.25, 0.3) is 0 Å². The van der Waals surface area contributed by atoms with Crippen LogP contribution in [0, 0.1) is 0 Å². The van der Waals surface area contributed by atoms with E-state index in [1.54, 1.807) is 0 Å². The minimum absolute atomic E-state index is 0.335. The van der Waals surface area contributed by atoms with E-state index in [1.165, 1.54) is 17.9 Å². The predicted octanol–water partition coefficient (Wildman–Crippen LogP) is 7.11. The number of carbonyl (C=O) groups excluding carboxylic acids is 1. The first kappa shape index (κ1) is 18.1. The first-order chi connectivity index (χ1) is 14.7. The van der Waals surface area contributed by atoms with Crippen LogP contribution in [0.5, 0.6) is 0 Å². The summed E-state index contributed by atoms with van der Waals surface area (Å²) < 4.78 is 5.05. The standard InChI is InChI=1S/C28H20O2/c1-30-28(29)23-17-21(26-14-6-10-19-8-2-4-12-24(19)26)16-22(18-23)27-15-7-11-20-9-3-5-13-25(20)27/h2-18H,1H3. The van der Waals surface area contributed by atoms with Crippen LogP contribution in [0.3, 0.4) is 0 Å². The molecule has 0 radical (unpaired) electrons. The molecule has 0 aliphatic heterocycles. The summed E-state index contributed by atoms with van der Waals surface area (Å²) >= 11 is 0. The van der Waals surface area contributed by atoms with Gasteiger partial charge in [0.1, 0.15) is 0 Å². The maximum absolute atomic E-state index is 12.5. The number of esters is 1. The van der Waals surface area contributed by atoms with Gasteiger partial charge in [0.2, 0.25) is 0 Å². The number of methoxy groups -OCH3 is 1. The van der Waals surface area contributed by atoms with Gasteiger partial charge >= 0.3 is 5.97 Å². The first-order valence-corrected chi connectivity index (χ1v) is 9.94. The van der Waals surface area contributed by atoms with Crippen LogP contribution in [-0.4, -0.2) is 13.1 Å². The van der Waals surface area contributed by atoms with Crippen molar-refractivity contribution >= 4 is 27.5 Å². The van der Waals surface area contributed by atoms with Crippen molar-refractivity contribution in [1.82, 2.24) is 0 Å². The lowest BCUT2D eigenvalue weighted by Gasteiger charge is -2.13. The Morgan fingerprint density at radius 1 is 0.600 bits per heavy atom. The SMILES string of the molecule is COC(=O)c1cc(-c2cccc3ccccc23)cc(-c2cccc3ccccc23)c1. The summed E-state index contributed by atoms with van der Waals surface area (Å²) in [5.74, 6) is -0.335. The van der Waals surface area contributed by atoms with Crippen LogP contribution >= 0.6 is 0 Å². The summed E-state index contributed by atoms with van der Waals surface area (Å²) in [6, 6.07) is 35.1. The molecular formula is C28H20O2. The second kappa shape index (κ2) is 7.49. The van der Waals surface area contributed by atoms with Crippen LogP contribution < -0.4 is 0 Å². The average molecular weight is 388 g/mol. The molecule has 0 aromatic heterocycles. The third-order valence-electron chi connectivity index (χ3n) is 5.56. The van der Waals surface area contributed by atoms with Crippen molar-refractivity contribution in [2.75, 3.05) is 7.11 Å². The fourth-order valence-electron chi connectivity index (χ4n) is 4.13. The van der Waals surface area contributed by atoms with Crippen LogP contribution in [0.25, 0.3) is 43.8 Å². The zero-order chi connectivity index (χ0) is 20.5. The highest BCUT2D eigenvalue weighted by Crippen LogP contribution is 2.35. The summed E-state index contributed by atoms with van der Waals surface area (Å²) in [6.45, 7) is 0. The molecule has 2 heteroatoms. The fraction of sp³-hybridized carbons (Fsp3) is 0.0357. The van der Waals surface area contributed by atoms with Gasteiger partial charge in [-0.3, -0.25) is 0 Å². The largest absolute Gasteiger partial charge is 0.465 e. The van der Waals surface area contributed by atoms with Crippen LogP contribution in [0.1, 0.15) is 10.4 Å². The lowest BCUT2D eigenvalue weighted by molar-refractivity contribution is 0.0601. The maximum Gasteiger partial charge on any atom is 0.337 e. The van der Waals surface area contributed by atoms with Gasteiger partial charge in [0.15, 0.2) is 0 Å². The third kappa shape index (κ3) is 3.13. The Kier molecular flexibility index (Phi) is 4.53. The molecule has 0 spiro atoms. The van der Waals surface area contributed by atoms with Crippen LogP contribution in [0.4, 0.5) is 0 Å². The highest BCUT2D eigenvalue weighted by atomic mass is 16.5. The molecule has 0 bridgehead atoms. The molecule has 0 saturated carbocycles. The van der Waals surface area contributed by atoms with Gasteiger partial charge in [0, 0.05) is 0 Å². The molecule has 0 N–H and O–H groups in total. The Labute approximate surface area is 175 Å². The van der Waals surface area contributed by atoms with Crippen LogP contribution in [0.2, 0.25) is 0 Å². The molecule has 0 saturated heterocycles. The maximum atomic E-state index is 12.5. The Bertz CT molecular complexity index is 1290. The summed E-state index contributed by atoms with van der Waals surface area (Å²) in [5, 5.41) is 4.66. The third-order valence-corrected chi connectivity index (χ3v) is 5.56. The molecular weight excluding hydrogens is 368 g/mol. The second-order valence-electron chi connectivity index (χ2n) is 7.34. The summed E-state index contributed by atoms with van der Waals surface area (Å²) in [4.78, 5) is 12.5. The van der Waals surface area contributed by atoms with E-state index in [0.717, 1.165) is 33.0 Å². The zero-order valence-electron chi connectivity index (χ0n) is 16.6. The number of hydrogen-bond acceptors (Lipinski definition) is 2.